The monoisotopic (exact) mass is 1370 g/mol. The predicted molar refractivity (Wildman–Crippen MR) is 348 cm³/mol. The lowest BCUT2D eigenvalue weighted by molar-refractivity contribution is -0.145. The summed E-state index contributed by atoms with van der Waals surface area (Å²) in [7, 11) is 0. The first-order chi connectivity index (χ1) is 46.1. The van der Waals surface area contributed by atoms with Gasteiger partial charge >= 0.3 is 29.8 Å². The van der Waals surface area contributed by atoms with E-state index in [4.69, 9.17) is 29.8 Å². The number of Topliss-reactive ketones (excluding diaryl/α,β-unsaturated/α-hetero) is 3. The fourth-order valence-electron chi connectivity index (χ4n) is 10.7. The first kappa shape index (κ1) is 84.8. The number of hydrogen-bond donors (Lipinski definition) is 12. The number of nitrogens with two attached hydrogens (primary N) is 1. The molecule has 0 saturated carbocycles. The van der Waals surface area contributed by atoms with Crippen molar-refractivity contribution in [1.29, 1.82) is 0 Å². The maximum Gasteiger partial charge on any atom is 0.326 e. The second-order valence-corrected chi connectivity index (χ2v) is 24.2. The molecule has 5 amide bonds. The zero-order valence-corrected chi connectivity index (χ0v) is 55.7. The van der Waals surface area contributed by atoms with Crippen molar-refractivity contribution in [2.45, 2.75) is 217 Å². The maximum absolute atomic E-state index is 13.5. The summed E-state index contributed by atoms with van der Waals surface area (Å²) in [5.41, 5.74) is 6.80. The quantitative estimate of drug-likeness (QED) is 0.0416. The number of ether oxygens (including phenoxy) is 4. The second-order valence-electron chi connectivity index (χ2n) is 24.2. The Balaban J connectivity index is 0.0000470. The van der Waals surface area contributed by atoms with Crippen molar-refractivity contribution in [2.75, 3.05) is 85.6 Å². The van der Waals surface area contributed by atoms with E-state index < -0.39 is 115 Å². The van der Waals surface area contributed by atoms with Crippen molar-refractivity contribution in [3.05, 3.63) is 18.2 Å². The third-order valence-corrected chi connectivity index (χ3v) is 16.2. The van der Waals surface area contributed by atoms with Crippen LogP contribution in [0.2, 0.25) is 0 Å². The third-order valence-electron chi connectivity index (χ3n) is 16.2. The van der Waals surface area contributed by atoms with Gasteiger partial charge < -0.3 is 81.8 Å². The van der Waals surface area contributed by atoms with Crippen molar-refractivity contribution in [1.82, 2.24) is 41.5 Å². The molecule has 0 unspecified atom stereocenters. The molecule has 1 aromatic heterocycles. The first-order valence-corrected chi connectivity index (χ1v) is 33.9. The molecule has 0 bridgehead atoms. The van der Waals surface area contributed by atoms with E-state index in [2.05, 4.69) is 36.6 Å². The molecule has 546 valence electrons. The number of likely N-dealkylation sites (tertiary alicyclic amines) is 1. The Morgan fingerprint density at radius 1 is 0.521 bits per heavy atom. The van der Waals surface area contributed by atoms with Crippen LogP contribution in [0.15, 0.2) is 12.5 Å². The molecule has 31 nitrogen and oxygen atoms in total. The van der Waals surface area contributed by atoms with Gasteiger partial charge in [-0.15, -0.1) is 0 Å². The summed E-state index contributed by atoms with van der Waals surface area (Å²) in [5, 5.41) is 60.0. The Kier molecular flexibility index (Phi) is 46.6. The molecule has 31 heteroatoms. The molecule has 0 aromatic carbocycles. The van der Waals surface area contributed by atoms with Crippen molar-refractivity contribution in [3.63, 3.8) is 0 Å². The molecular formula is C65H109N9O22. The number of unbranched alkanes of at least 4 members (excludes halogenated alkanes) is 14. The molecule has 6 atom stereocenters. The fraction of sp³-hybridized carbons (Fsp3) is 0.754. The van der Waals surface area contributed by atoms with Gasteiger partial charge in [0.15, 0.2) is 11.6 Å². The van der Waals surface area contributed by atoms with Crippen molar-refractivity contribution >= 4 is 76.7 Å². The minimum Gasteiger partial charge on any atom is -0.481 e. The lowest BCUT2D eigenvalue weighted by atomic mass is 9.89. The number of H-pyrrole nitrogens is 1. The van der Waals surface area contributed by atoms with Crippen LogP contribution >= 0.6 is 0 Å². The summed E-state index contributed by atoms with van der Waals surface area (Å²) in [4.78, 5) is 168. The molecule has 13 N–H and O–H groups in total. The Labute approximate surface area is 562 Å². The minimum atomic E-state index is -1.48. The van der Waals surface area contributed by atoms with Crippen LogP contribution in [0.5, 0.6) is 0 Å². The highest BCUT2D eigenvalue weighted by Crippen LogP contribution is 2.22. The zero-order valence-electron chi connectivity index (χ0n) is 55.7. The van der Waals surface area contributed by atoms with Gasteiger partial charge in [-0.1, -0.05) is 83.5 Å². The smallest absolute Gasteiger partial charge is 0.326 e. The molecule has 1 aliphatic heterocycles. The van der Waals surface area contributed by atoms with Crippen LogP contribution in [0.1, 0.15) is 193 Å². The molecule has 1 aromatic rings. The number of nitrogens with zero attached hydrogens (tertiary/aromatic N) is 2. The highest BCUT2D eigenvalue weighted by Gasteiger charge is 2.34. The average Bonchev–Trinajstić information content (AvgIpc) is 1.79. The fourth-order valence-corrected chi connectivity index (χ4v) is 10.7. The van der Waals surface area contributed by atoms with E-state index in [0.717, 1.165) is 51.4 Å². The third kappa shape index (κ3) is 43.0. The van der Waals surface area contributed by atoms with Crippen LogP contribution in [0.3, 0.4) is 0 Å². The Morgan fingerprint density at radius 3 is 1.54 bits per heavy atom. The largest absolute Gasteiger partial charge is 0.481 e. The number of ketones is 3. The topological polar surface area (TPSA) is 478 Å². The van der Waals surface area contributed by atoms with Crippen LogP contribution < -0.4 is 32.3 Å². The molecule has 0 aliphatic carbocycles. The molecule has 1 aliphatic rings. The number of nitrogens with one attached hydrogen (secondary N) is 6. The van der Waals surface area contributed by atoms with E-state index in [1.165, 1.54) is 38.4 Å². The molecule has 2 heterocycles. The molecular weight excluding hydrogens is 1260 g/mol. The number of rotatable bonds is 63. The summed E-state index contributed by atoms with van der Waals surface area (Å²) in [6, 6.07) is -4.36. The van der Waals surface area contributed by atoms with Gasteiger partial charge in [0.1, 0.15) is 37.1 Å². The normalized spacial score (nSPS) is 14.5. The number of hydrogen-bond acceptors (Lipinski definition) is 20. The zero-order chi connectivity index (χ0) is 70.7. The summed E-state index contributed by atoms with van der Waals surface area (Å²) in [6.45, 7) is 0.465. The highest BCUT2D eigenvalue weighted by atomic mass is 16.5. The Bertz CT molecular complexity index is 2510. The standard InChI is InChI=1S/C65H107N9O22.H2/c66-50(40-48-41-67-45-71-48)54(76)39-46(55(77)42-74-31-17-19-53(74)65(91)92)18-15-16-28-68-56(78)26-23-52(64(89)90)73-59(81)25-22-47(62(85)86)38-49(75)43-95-36-34-94-33-30-70-60(82)44-96-37-35-93-32-29-69-57(79)27-24-51(63(87)88)72-58(80)20-13-11-9-7-5-3-1-2-4-6-8-10-12-14-21-61(83)84;/h41,45-47,50-53H,1-40,42-44,66H2,(H,67,71)(H,68,78)(H,69,79)(H,70,82)(H,72,80)(H,73,81)(H,83,84)(H,85,86)(H,87,88)(H,89,90)(H,91,92);1H/t46-,47-,50+,51+,52+,53+;/m1./s1. The van der Waals surface area contributed by atoms with Gasteiger partial charge in [-0.25, -0.2) is 14.6 Å². The Morgan fingerprint density at radius 2 is 1.02 bits per heavy atom. The summed E-state index contributed by atoms with van der Waals surface area (Å²) in [6.07, 6.45) is 18.3. The molecule has 1 saturated heterocycles. The van der Waals surface area contributed by atoms with E-state index in [0.29, 0.717) is 44.3 Å². The molecule has 96 heavy (non-hydrogen) atoms. The van der Waals surface area contributed by atoms with Crippen LogP contribution in [0.4, 0.5) is 0 Å². The SMILES string of the molecule is N[C@@H](Cc1cnc[nH]1)C(=O)C[C@@H](CCCCNC(=O)CC[C@H](NC(=O)CC[C@H](CC(=O)COCCOCCNC(=O)COCCOCCNC(=O)CC[C@H](NC(=O)CCCCCCCCCCCCCCCCC(=O)O)C(=O)O)C(=O)O)C(=O)O)C(=O)CN1CCC[C@H]1C(=O)O.[HH]. The van der Waals surface area contributed by atoms with Gasteiger partial charge in [0.2, 0.25) is 29.5 Å². The molecule has 2 rings (SSSR count). The van der Waals surface area contributed by atoms with Crippen LogP contribution in [0, 0.1) is 11.8 Å². The van der Waals surface area contributed by atoms with Crippen molar-refractivity contribution in [2.24, 2.45) is 17.6 Å². The van der Waals surface area contributed by atoms with E-state index in [-0.39, 0.29) is 156 Å². The van der Waals surface area contributed by atoms with E-state index >= 15 is 0 Å². The highest BCUT2D eigenvalue weighted by molar-refractivity contribution is 5.92. The average molecular weight is 1370 g/mol. The van der Waals surface area contributed by atoms with Gasteiger partial charge in [0.05, 0.1) is 64.5 Å². The number of imidazole rings is 1. The number of amides is 5. The van der Waals surface area contributed by atoms with Crippen molar-refractivity contribution < 1.29 is 108 Å². The first-order valence-electron chi connectivity index (χ1n) is 33.9. The van der Waals surface area contributed by atoms with E-state index in [1.807, 2.05) is 0 Å². The van der Waals surface area contributed by atoms with Gasteiger partial charge in [-0.2, -0.15) is 0 Å². The summed E-state index contributed by atoms with van der Waals surface area (Å²) < 4.78 is 21.4. The van der Waals surface area contributed by atoms with E-state index in [9.17, 15) is 82.8 Å². The van der Waals surface area contributed by atoms with Gasteiger partial charge in [-0.3, -0.25) is 57.6 Å². The lowest BCUT2D eigenvalue weighted by Gasteiger charge is -2.24. The summed E-state index contributed by atoms with van der Waals surface area (Å²) in [5.74, 6) is -11.5. The number of aliphatic carboxylic acids is 5. The van der Waals surface area contributed by atoms with Crippen LogP contribution in [-0.2, 0) is 87.7 Å². The van der Waals surface area contributed by atoms with Crippen molar-refractivity contribution in [3.8, 4) is 0 Å². The van der Waals surface area contributed by atoms with E-state index in [1.54, 1.807) is 11.1 Å². The van der Waals surface area contributed by atoms with Gasteiger partial charge in [0, 0.05) is 90.2 Å². The van der Waals surface area contributed by atoms with Crippen LogP contribution in [0.25, 0.3) is 0 Å². The second kappa shape index (κ2) is 52.8. The van der Waals surface area contributed by atoms with Gasteiger partial charge in [-0.05, 0) is 64.3 Å². The predicted octanol–water partition coefficient (Wildman–Crippen LogP) is 3.27. The maximum atomic E-state index is 13.5. The number of carbonyl (C=O) groups excluding carboxylic acids is 8. The molecule has 1 fully saturated rings. The Hall–Kier alpha value is -7.32. The molecule has 0 spiro atoms. The number of aromatic amines is 1. The van der Waals surface area contributed by atoms with Crippen LogP contribution in [-0.4, -0.2) is 227 Å². The molecule has 0 radical (unpaired) electrons. The van der Waals surface area contributed by atoms with Gasteiger partial charge in [0.25, 0.3) is 0 Å². The number of carbonyl (C=O) groups is 13. The number of carboxylic acids is 5. The minimum absolute atomic E-state index is 0. The lowest BCUT2D eigenvalue weighted by Crippen LogP contribution is -2.42. The number of aromatic nitrogens is 2. The summed E-state index contributed by atoms with van der Waals surface area (Å²) >= 11 is 0. The number of carboxylic acid groups (broad SMARTS) is 5.